The lowest BCUT2D eigenvalue weighted by Crippen LogP contribution is -2.54. The highest BCUT2D eigenvalue weighted by Crippen LogP contribution is 2.36. The molecular formula is C12H14ClF3N2O2S. The number of nitrogens with two attached hydrogens (primary N) is 1. The largest absolute Gasteiger partial charge is 0.417 e. The molecule has 0 atom stereocenters. The van der Waals surface area contributed by atoms with Crippen LogP contribution < -0.4 is 10.5 Å². The Balaban J connectivity index is 2.24. The summed E-state index contributed by atoms with van der Waals surface area (Å²) in [4.78, 5) is -0.484. The highest BCUT2D eigenvalue weighted by molar-refractivity contribution is 7.89. The van der Waals surface area contributed by atoms with Crippen molar-refractivity contribution < 1.29 is 21.6 Å². The van der Waals surface area contributed by atoms with Gasteiger partial charge >= 0.3 is 6.18 Å². The molecule has 0 bridgehead atoms. The lowest BCUT2D eigenvalue weighted by molar-refractivity contribution is -0.137. The molecule has 1 aliphatic carbocycles. The molecule has 21 heavy (non-hydrogen) atoms. The molecular weight excluding hydrogens is 329 g/mol. The van der Waals surface area contributed by atoms with Crippen molar-refractivity contribution in [3.8, 4) is 0 Å². The smallest absolute Gasteiger partial charge is 0.324 e. The number of sulfonamides is 1. The van der Waals surface area contributed by atoms with Crippen molar-refractivity contribution >= 4 is 21.6 Å². The number of rotatable bonds is 4. The van der Waals surface area contributed by atoms with Crippen LogP contribution in [-0.4, -0.2) is 20.5 Å². The van der Waals surface area contributed by atoms with Gasteiger partial charge in [-0.1, -0.05) is 11.6 Å². The van der Waals surface area contributed by atoms with E-state index in [0.717, 1.165) is 18.6 Å². The zero-order valence-electron chi connectivity index (χ0n) is 10.9. The average Bonchev–Trinajstić information content (AvgIpc) is 2.33. The molecule has 0 saturated heterocycles. The Hall–Kier alpha value is -0.830. The molecule has 3 N–H and O–H groups in total. The van der Waals surface area contributed by atoms with Gasteiger partial charge in [0.05, 0.1) is 15.5 Å². The first-order valence-electron chi connectivity index (χ1n) is 6.19. The number of hydrogen-bond donors (Lipinski definition) is 2. The van der Waals surface area contributed by atoms with Crippen molar-refractivity contribution in [1.29, 1.82) is 0 Å². The topological polar surface area (TPSA) is 72.2 Å². The molecule has 1 fully saturated rings. The highest BCUT2D eigenvalue weighted by atomic mass is 35.5. The molecule has 9 heteroatoms. The summed E-state index contributed by atoms with van der Waals surface area (Å²) in [5, 5.41) is -0.546. The molecule has 118 valence electrons. The summed E-state index contributed by atoms with van der Waals surface area (Å²) >= 11 is 5.46. The van der Waals surface area contributed by atoms with Gasteiger partial charge in [-0.2, -0.15) is 13.2 Å². The van der Waals surface area contributed by atoms with Gasteiger partial charge in [0.25, 0.3) is 0 Å². The molecule has 0 aliphatic heterocycles. The molecule has 1 aliphatic rings. The van der Waals surface area contributed by atoms with Crippen molar-refractivity contribution in [2.24, 2.45) is 5.73 Å². The minimum atomic E-state index is -4.72. The summed E-state index contributed by atoms with van der Waals surface area (Å²) in [5.74, 6) is 0. The van der Waals surface area contributed by atoms with Crippen LogP contribution in [0.2, 0.25) is 5.02 Å². The predicted molar refractivity (Wildman–Crippen MR) is 72.4 cm³/mol. The van der Waals surface area contributed by atoms with Crippen molar-refractivity contribution in [1.82, 2.24) is 4.72 Å². The highest BCUT2D eigenvalue weighted by Gasteiger charge is 2.36. The molecule has 1 aromatic carbocycles. The predicted octanol–water partition coefficient (Wildman–Crippen LogP) is 2.52. The standard InChI is InChI=1S/C12H14ClF3N2O2S/c13-10-3-2-8(6-9(10)12(14,15)16)21(19,20)18-7-11(17)4-1-5-11/h2-3,6,18H,1,4-5,7,17H2. The van der Waals surface area contributed by atoms with E-state index in [1.807, 2.05) is 0 Å². The van der Waals surface area contributed by atoms with Crippen molar-refractivity contribution in [2.75, 3.05) is 6.54 Å². The fourth-order valence-corrected chi connectivity index (χ4v) is 3.41. The van der Waals surface area contributed by atoms with E-state index in [1.54, 1.807) is 0 Å². The van der Waals surface area contributed by atoms with Gasteiger partial charge < -0.3 is 5.73 Å². The maximum Gasteiger partial charge on any atom is 0.417 e. The fourth-order valence-electron chi connectivity index (χ4n) is 2.02. The van der Waals surface area contributed by atoms with E-state index < -0.39 is 37.2 Å². The van der Waals surface area contributed by atoms with Crippen LogP contribution in [0.3, 0.4) is 0 Å². The van der Waals surface area contributed by atoms with Crippen LogP contribution in [-0.2, 0) is 16.2 Å². The lowest BCUT2D eigenvalue weighted by Gasteiger charge is -2.38. The Kier molecular flexibility index (Phi) is 4.27. The second kappa shape index (κ2) is 5.42. The lowest BCUT2D eigenvalue weighted by atomic mass is 9.78. The van der Waals surface area contributed by atoms with Crippen molar-refractivity contribution in [3.63, 3.8) is 0 Å². The molecule has 1 saturated carbocycles. The SMILES string of the molecule is NC1(CNS(=O)(=O)c2ccc(Cl)c(C(F)(F)F)c2)CCC1. The number of halogens is 4. The van der Waals surface area contributed by atoms with Gasteiger partial charge in [0.15, 0.2) is 0 Å². The van der Waals surface area contributed by atoms with Crippen LogP contribution in [0.5, 0.6) is 0 Å². The second-order valence-electron chi connectivity index (χ2n) is 5.18. The summed E-state index contributed by atoms with van der Waals surface area (Å²) in [6.07, 6.45) is -2.43. The van der Waals surface area contributed by atoms with Gasteiger partial charge in [0.2, 0.25) is 10.0 Å². The summed E-state index contributed by atoms with van der Waals surface area (Å²) in [6, 6.07) is 2.47. The zero-order valence-corrected chi connectivity index (χ0v) is 12.4. The minimum Gasteiger partial charge on any atom is -0.324 e. The first kappa shape index (κ1) is 16.5. The summed E-state index contributed by atoms with van der Waals surface area (Å²) in [6.45, 7) is -0.000684. The van der Waals surface area contributed by atoms with Gasteiger partial charge in [-0.3, -0.25) is 0 Å². The van der Waals surface area contributed by atoms with E-state index in [-0.39, 0.29) is 6.54 Å². The molecule has 4 nitrogen and oxygen atoms in total. The fraction of sp³-hybridized carbons (Fsp3) is 0.500. The second-order valence-corrected chi connectivity index (χ2v) is 7.35. The van der Waals surface area contributed by atoms with Gasteiger partial charge in [0, 0.05) is 12.1 Å². The van der Waals surface area contributed by atoms with Gasteiger partial charge in [-0.25, -0.2) is 13.1 Å². The Labute approximate surface area is 125 Å². The minimum absolute atomic E-state index is 0.000684. The Morgan fingerprint density at radius 2 is 1.95 bits per heavy atom. The van der Waals surface area contributed by atoms with Crippen molar-refractivity contribution in [3.05, 3.63) is 28.8 Å². The number of alkyl halides is 3. The van der Waals surface area contributed by atoms with Crippen LogP contribution in [0.4, 0.5) is 13.2 Å². The third kappa shape index (κ3) is 3.68. The van der Waals surface area contributed by atoms with E-state index >= 15 is 0 Å². The van der Waals surface area contributed by atoms with E-state index in [9.17, 15) is 21.6 Å². The van der Waals surface area contributed by atoms with Crippen LogP contribution in [0.1, 0.15) is 24.8 Å². The van der Waals surface area contributed by atoms with Crippen molar-refractivity contribution in [2.45, 2.75) is 35.9 Å². The Bertz CT molecular complexity index is 642. The van der Waals surface area contributed by atoms with Crippen LogP contribution in [0.25, 0.3) is 0 Å². The molecule has 0 unspecified atom stereocenters. The van der Waals surface area contributed by atoms with Gasteiger partial charge in [-0.05, 0) is 37.5 Å². The number of hydrogen-bond acceptors (Lipinski definition) is 3. The molecule has 0 aromatic heterocycles. The van der Waals surface area contributed by atoms with E-state index in [2.05, 4.69) is 4.72 Å². The maximum absolute atomic E-state index is 12.7. The van der Waals surface area contributed by atoms with Crippen LogP contribution >= 0.6 is 11.6 Å². The maximum atomic E-state index is 12.7. The summed E-state index contributed by atoms with van der Waals surface area (Å²) in [5.41, 5.74) is 4.10. The first-order valence-corrected chi connectivity index (χ1v) is 8.05. The molecule has 1 aromatic rings. The van der Waals surface area contributed by atoms with E-state index in [0.29, 0.717) is 18.9 Å². The monoisotopic (exact) mass is 342 g/mol. The molecule has 2 rings (SSSR count). The third-order valence-electron chi connectivity index (χ3n) is 3.52. The Morgan fingerprint density at radius 1 is 1.33 bits per heavy atom. The van der Waals surface area contributed by atoms with Gasteiger partial charge in [-0.15, -0.1) is 0 Å². The summed E-state index contributed by atoms with van der Waals surface area (Å²) < 4.78 is 64.5. The van der Waals surface area contributed by atoms with Crippen LogP contribution in [0.15, 0.2) is 23.1 Å². The molecule has 0 radical (unpaired) electrons. The third-order valence-corrected chi connectivity index (χ3v) is 5.25. The molecule has 0 heterocycles. The van der Waals surface area contributed by atoms with Crippen LogP contribution in [0, 0.1) is 0 Å². The quantitative estimate of drug-likeness (QED) is 0.883. The normalized spacial score (nSPS) is 18.3. The van der Waals surface area contributed by atoms with Gasteiger partial charge in [0.1, 0.15) is 0 Å². The summed E-state index contributed by atoms with van der Waals surface area (Å²) in [7, 11) is -4.06. The molecule has 0 amide bonds. The Morgan fingerprint density at radius 3 is 2.43 bits per heavy atom. The first-order chi connectivity index (χ1) is 9.54. The number of benzene rings is 1. The zero-order chi connectivity index (χ0) is 15.9. The molecule has 0 spiro atoms. The average molecular weight is 343 g/mol. The van der Waals surface area contributed by atoms with E-state index in [4.69, 9.17) is 17.3 Å². The van der Waals surface area contributed by atoms with E-state index in [1.165, 1.54) is 0 Å². The number of nitrogens with one attached hydrogen (secondary N) is 1.